The van der Waals surface area contributed by atoms with Gasteiger partial charge < -0.3 is 14.0 Å². The summed E-state index contributed by atoms with van der Waals surface area (Å²) in [5, 5.41) is 4.56. The second-order valence-corrected chi connectivity index (χ2v) is 5.61. The SMILES string of the molecule is CCc1noc2ncc(C(=O)O[C@@H](CC(C)C)C(=O)OC)cc12. The number of hydrogen-bond acceptors (Lipinski definition) is 7. The van der Waals surface area contributed by atoms with Gasteiger partial charge in [0.1, 0.15) is 0 Å². The van der Waals surface area contributed by atoms with Crippen molar-refractivity contribution in [3.8, 4) is 0 Å². The number of fused-ring (bicyclic) bond motifs is 1. The number of rotatable bonds is 6. The topological polar surface area (TPSA) is 91.5 Å². The van der Waals surface area contributed by atoms with Crippen LogP contribution in [0.25, 0.3) is 11.1 Å². The van der Waals surface area contributed by atoms with Gasteiger partial charge in [-0.2, -0.15) is 0 Å². The molecule has 2 rings (SSSR count). The highest BCUT2D eigenvalue weighted by Gasteiger charge is 2.26. The molecule has 0 N–H and O–H groups in total. The van der Waals surface area contributed by atoms with Crippen LogP contribution in [0.2, 0.25) is 0 Å². The molecule has 124 valence electrons. The highest BCUT2D eigenvalue weighted by Crippen LogP contribution is 2.19. The Labute approximate surface area is 133 Å². The standard InChI is InChI=1S/C16H20N2O5/c1-5-12-11-7-10(8-17-14(11)23-18-12)15(19)22-13(6-9(2)3)16(20)21-4/h7-9,13H,5-6H2,1-4H3/t13-/m0/s1. The smallest absolute Gasteiger partial charge is 0.347 e. The highest BCUT2D eigenvalue weighted by atomic mass is 16.6. The maximum absolute atomic E-state index is 12.3. The van der Waals surface area contributed by atoms with Crippen molar-refractivity contribution < 1.29 is 23.6 Å². The number of carbonyl (C=O) groups excluding carboxylic acids is 2. The second-order valence-electron chi connectivity index (χ2n) is 5.61. The van der Waals surface area contributed by atoms with Crippen molar-refractivity contribution in [1.82, 2.24) is 10.1 Å². The van der Waals surface area contributed by atoms with Gasteiger partial charge in [-0.15, -0.1) is 0 Å². The third-order valence-corrected chi connectivity index (χ3v) is 3.37. The van der Waals surface area contributed by atoms with Crippen molar-refractivity contribution in [3.63, 3.8) is 0 Å². The van der Waals surface area contributed by atoms with E-state index in [1.807, 2.05) is 20.8 Å². The van der Waals surface area contributed by atoms with Gasteiger partial charge in [0, 0.05) is 6.20 Å². The number of esters is 2. The molecule has 0 amide bonds. The Morgan fingerprint density at radius 2 is 2.09 bits per heavy atom. The summed E-state index contributed by atoms with van der Waals surface area (Å²) in [4.78, 5) is 28.1. The molecular weight excluding hydrogens is 300 g/mol. The van der Waals surface area contributed by atoms with Gasteiger partial charge >= 0.3 is 11.9 Å². The number of aryl methyl sites for hydroxylation is 1. The number of methoxy groups -OCH3 is 1. The van der Waals surface area contributed by atoms with Gasteiger partial charge in [-0.1, -0.05) is 25.9 Å². The predicted molar refractivity (Wildman–Crippen MR) is 81.9 cm³/mol. The molecule has 0 aliphatic rings. The zero-order valence-corrected chi connectivity index (χ0v) is 13.7. The molecule has 1 atom stereocenters. The van der Waals surface area contributed by atoms with Crippen LogP contribution in [0, 0.1) is 5.92 Å². The first-order chi connectivity index (χ1) is 11.0. The Balaban J connectivity index is 2.22. The average Bonchev–Trinajstić information content (AvgIpc) is 2.95. The van der Waals surface area contributed by atoms with Gasteiger partial charge in [0.05, 0.1) is 23.8 Å². The molecule has 2 aromatic rings. The van der Waals surface area contributed by atoms with Crippen LogP contribution in [-0.2, 0) is 20.7 Å². The van der Waals surface area contributed by atoms with E-state index in [9.17, 15) is 9.59 Å². The first kappa shape index (κ1) is 16.9. The van der Waals surface area contributed by atoms with Crippen molar-refractivity contribution >= 4 is 23.0 Å². The maximum Gasteiger partial charge on any atom is 0.347 e. The van der Waals surface area contributed by atoms with Crippen LogP contribution in [0.15, 0.2) is 16.8 Å². The van der Waals surface area contributed by atoms with Gasteiger partial charge in [-0.25, -0.2) is 14.6 Å². The summed E-state index contributed by atoms with van der Waals surface area (Å²) >= 11 is 0. The summed E-state index contributed by atoms with van der Waals surface area (Å²) in [5.74, 6) is -1.02. The molecule has 0 aliphatic heterocycles. The summed E-state index contributed by atoms with van der Waals surface area (Å²) in [6, 6.07) is 1.61. The summed E-state index contributed by atoms with van der Waals surface area (Å²) in [7, 11) is 1.27. The van der Waals surface area contributed by atoms with E-state index in [4.69, 9.17) is 9.26 Å². The molecule has 0 aromatic carbocycles. The van der Waals surface area contributed by atoms with Gasteiger partial charge in [-0.3, -0.25) is 0 Å². The molecule has 0 spiro atoms. The Hall–Kier alpha value is -2.44. The second kappa shape index (κ2) is 7.21. The number of pyridine rings is 1. The van der Waals surface area contributed by atoms with Crippen molar-refractivity contribution in [2.75, 3.05) is 7.11 Å². The summed E-state index contributed by atoms with van der Waals surface area (Å²) < 4.78 is 15.1. The number of aromatic nitrogens is 2. The molecule has 0 unspecified atom stereocenters. The molecule has 7 heteroatoms. The minimum absolute atomic E-state index is 0.178. The van der Waals surface area contributed by atoms with Crippen molar-refractivity contribution in [3.05, 3.63) is 23.5 Å². The van der Waals surface area contributed by atoms with Crippen LogP contribution < -0.4 is 0 Å². The number of ether oxygens (including phenoxy) is 2. The van der Waals surface area contributed by atoms with Gasteiger partial charge in [-0.05, 0) is 24.8 Å². The molecule has 7 nitrogen and oxygen atoms in total. The molecule has 0 bridgehead atoms. The third-order valence-electron chi connectivity index (χ3n) is 3.37. The fourth-order valence-corrected chi connectivity index (χ4v) is 2.20. The van der Waals surface area contributed by atoms with Crippen LogP contribution in [0.3, 0.4) is 0 Å². The van der Waals surface area contributed by atoms with Crippen molar-refractivity contribution in [2.45, 2.75) is 39.7 Å². The molecule has 2 heterocycles. The first-order valence-electron chi connectivity index (χ1n) is 7.49. The Morgan fingerprint density at radius 3 is 2.70 bits per heavy atom. The lowest BCUT2D eigenvalue weighted by Gasteiger charge is -2.17. The molecule has 2 aromatic heterocycles. The van der Waals surface area contributed by atoms with E-state index in [0.717, 1.165) is 0 Å². The highest BCUT2D eigenvalue weighted by molar-refractivity contribution is 5.94. The molecule has 0 saturated heterocycles. The van der Waals surface area contributed by atoms with E-state index in [0.29, 0.717) is 29.6 Å². The van der Waals surface area contributed by atoms with Crippen molar-refractivity contribution in [2.24, 2.45) is 5.92 Å². The molecule has 0 aliphatic carbocycles. The lowest BCUT2D eigenvalue weighted by molar-refractivity contribution is -0.151. The zero-order chi connectivity index (χ0) is 17.0. The van der Waals surface area contributed by atoms with Crippen LogP contribution in [0.5, 0.6) is 0 Å². The molecule has 23 heavy (non-hydrogen) atoms. The summed E-state index contributed by atoms with van der Waals surface area (Å²) in [5.41, 5.74) is 1.33. The van der Waals surface area contributed by atoms with Gasteiger partial charge in [0.25, 0.3) is 5.71 Å². The lowest BCUT2D eigenvalue weighted by atomic mass is 10.1. The molecule has 0 radical (unpaired) electrons. The maximum atomic E-state index is 12.3. The summed E-state index contributed by atoms with van der Waals surface area (Å²) in [6.07, 6.45) is 1.46. The normalized spacial score (nSPS) is 12.4. The predicted octanol–water partition coefficient (Wildman–Crippen LogP) is 2.53. The largest absolute Gasteiger partial charge is 0.466 e. The summed E-state index contributed by atoms with van der Waals surface area (Å²) in [6.45, 7) is 5.79. The fourth-order valence-electron chi connectivity index (χ4n) is 2.20. The third kappa shape index (κ3) is 3.85. The van der Waals surface area contributed by atoms with E-state index in [2.05, 4.69) is 14.9 Å². The van der Waals surface area contributed by atoms with Gasteiger partial charge in [0.2, 0.25) is 0 Å². The van der Waals surface area contributed by atoms with Crippen molar-refractivity contribution in [1.29, 1.82) is 0 Å². The molecule has 0 fully saturated rings. The zero-order valence-electron chi connectivity index (χ0n) is 13.7. The first-order valence-corrected chi connectivity index (χ1v) is 7.49. The minimum Gasteiger partial charge on any atom is -0.466 e. The number of hydrogen-bond donors (Lipinski definition) is 0. The lowest BCUT2D eigenvalue weighted by Crippen LogP contribution is -2.30. The Bertz CT molecular complexity index is 708. The average molecular weight is 320 g/mol. The molecule has 0 saturated carbocycles. The van der Waals surface area contributed by atoms with E-state index < -0.39 is 18.0 Å². The van der Waals surface area contributed by atoms with Crippen LogP contribution in [-0.4, -0.2) is 35.3 Å². The Morgan fingerprint density at radius 1 is 1.35 bits per heavy atom. The minimum atomic E-state index is -0.934. The Kier molecular flexibility index (Phi) is 5.31. The fraction of sp³-hybridized carbons (Fsp3) is 0.500. The molecular formula is C16H20N2O5. The van der Waals surface area contributed by atoms with E-state index in [1.54, 1.807) is 6.07 Å². The van der Waals surface area contributed by atoms with E-state index >= 15 is 0 Å². The monoisotopic (exact) mass is 320 g/mol. The van der Waals surface area contributed by atoms with Crippen LogP contribution in [0.4, 0.5) is 0 Å². The quantitative estimate of drug-likeness (QED) is 0.755. The van der Waals surface area contributed by atoms with E-state index in [1.165, 1.54) is 13.3 Å². The number of nitrogens with zero attached hydrogens (tertiary/aromatic N) is 2. The number of carbonyl (C=O) groups is 2. The van der Waals surface area contributed by atoms with E-state index in [-0.39, 0.29) is 11.5 Å². The van der Waals surface area contributed by atoms with Gasteiger partial charge in [0.15, 0.2) is 6.10 Å². The van der Waals surface area contributed by atoms with Crippen LogP contribution >= 0.6 is 0 Å². The van der Waals surface area contributed by atoms with Crippen LogP contribution in [0.1, 0.15) is 43.2 Å².